The molecule has 0 fully saturated rings. The van der Waals surface area contributed by atoms with Crippen molar-refractivity contribution >= 4 is 215 Å². The molecule has 0 radical (unpaired) electrons. The Morgan fingerprint density at radius 3 is 0.568 bits per heavy atom. The van der Waals surface area contributed by atoms with E-state index in [1.54, 1.807) is 271 Å². The van der Waals surface area contributed by atoms with Gasteiger partial charge in [-0.2, -0.15) is 0 Å². The predicted molar refractivity (Wildman–Crippen MR) is 390 cm³/mol. The Balaban J connectivity index is 0.987. The Kier molecular flexibility index (Phi) is 4.59. The summed E-state index contributed by atoms with van der Waals surface area (Å²) in [5.74, 6) is 0.107. The van der Waals surface area contributed by atoms with Crippen LogP contribution in [-0.2, 0) is 59.2 Å². The minimum Gasteiger partial charge on any atom is -0.0622 e. The van der Waals surface area contributed by atoms with Crippen molar-refractivity contribution in [3.8, 4) is 0 Å². The molecular formula is C95H36. The lowest BCUT2D eigenvalue weighted by molar-refractivity contribution is 0.294. The molecule has 0 amide bonds. The molecule has 2 unspecified atom stereocenters. The van der Waals surface area contributed by atoms with Crippen LogP contribution < -0.4 is 0 Å². The van der Waals surface area contributed by atoms with Gasteiger partial charge in [0.15, 0.2) is 0 Å². The second-order valence-corrected chi connectivity index (χ2v) is 33.7. The Bertz CT molecular complexity index is 8060. The summed E-state index contributed by atoms with van der Waals surface area (Å²) in [7, 11) is 0. The van der Waals surface area contributed by atoms with Crippen molar-refractivity contribution in [1.29, 1.82) is 0 Å². The first-order valence-electron chi connectivity index (χ1n) is 35.7. The first kappa shape index (κ1) is 40.9. The van der Waals surface area contributed by atoms with E-state index >= 15 is 0 Å². The summed E-state index contributed by atoms with van der Waals surface area (Å²) >= 11 is 0. The summed E-state index contributed by atoms with van der Waals surface area (Å²) in [5, 5.41) is 66.8. The van der Waals surface area contributed by atoms with E-state index < -0.39 is 27.1 Å². The minimum atomic E-state index is -0.464. The highest BCUT2D eigenvalue weighted by molar-refractivity contribution is 6.77. The van der Waals surface area contributed by atoms with E-state index in [-0.39, 0.29) is 5.92 Å². The smallest absolute Gasteiger partial charge is 0.0514 e. The van der Waals surface area contributed by atoms with E-state index in [2.05, 4.69) is 152 Å². The predicted octanol–water partition coefficient (Wildman–Crippen LogP) is 22.1. The van der Waals surface area contributed by atoms with Gasteiger partial charge < -0.3 is 0 Å². The molecule has 0 aromatic heterocycles. The van der Waals surface area contributed by atoms with Crippen LogP contribution in [0.1, 0.15) is 83.5 Å². The molecule has 6 atom stereocenters. The molecule has 0 N–H and O–H groups in total. The van der Waals surface area contributed by atoms with E-state index in [0.29, 0.717) is 0 Å². The van der Waals surface area contributed by atoms with Crippen molar-refractivity contribution in [3.63, 3.8) is 0 Å². The summed E-state index contributed by atoms with van der Waals surface area (Å²) in [5.41, 5.74) is 30.3. The summed E-state index contributed by atoms with van der Waals surface area (Å²) in [6.07, 6.45) is 4.87. The van der Waals surface area contributed by atoms with Crippen molar-refractivity contribution in [2.75, 3.05) is 0 Å². The van der Waals surface area contributed by atoms with Gasteiger partial charge >= 0.3 is 0 Å². The Hall–Kier alpha value is -10.9. The van der Waals surface area contributed by atoms with Crippen molar-refractivity contribution in [3.05, 3.63) is 257 Å². The van der Waals surface area contributed by atoms with E-state index in [4.69, 9.17) is 0 Å². The molecule has 0 aliphatic heterocycles. The van der Waals surface area contributed by atoms with E-state index in [1.807, 2.05) is 22.3 Å². The zero-order valence-electron chi connectivity index (χ0n) is 50.5. The van der Waals surface area contributed by atoms with Crippen molar-refractivity contribution in [2.45, 2.75) is 59.2 Å². The molecular weight excluding hydrogens is 1140 g/mol. The zero-order valence-corrected chi connectivity index (χ0v) is 50.5. The fraction of sp³-hybridized carbons (Fsp3) is 0.116. The first-order chi connectivity index (χ1) is 47.2. The second kappa shape index (κ2) is 10.7. The van der Waals surface area contributed by atoms with Crippen molar-refractivity contribution < 1.29 is 0 Å². The molecule has 95 heavy (non-hydrogen) atoms. The maximum Gasteiger partial charge on any atom is 0.0514 e. The third-order valence-corrected chi connectivity index (χ3v) is 32.0. The van der Waals surface area contributed by atoms with Gasteiger partial charge in [0.2, 0.25) is 0 Å². The summed E-state index contributed by atoms with van der Waals surface area (Å²) in [6, 6.07) is 61.3. The molecule has 26 aromatic rings. The molecule has 0 spiro atoms. The SMILES string of the molecule is c1ccc(CC23c4c5c6c7c8c9c%10c%11c%12c%13c%14c%15c%16c%17c%18c%19c(c2c2c4c4c6c6c%20c7c%10c7c%10c%11c%14c%11c%14c%15c%18c%15c%18c%19c2c2c4c6c4c(c2%18)c(c%15%14)c(c%10%11)c4c%207)[C@@]%17(Cc2ccccc2)C2=C(C(=C(C23)[C@@]58Cc2ccccc2)[C@@]9%12Cc2ccccc2)[C@]%16%13Cc2ccccc2)cc1. The molecule has 0 saturated carbocycles. The van der Waals surface area contributed by atoms with E-state index in [0.717, 1.165) is 32.1 Å². The van der Waals surface area contributed by atoms with E-state index in [9.17, 15) is 0 Å². The number of hydrogen-bond donors (Lipinski definition) is 0. The lowest BCUT2D eigenvalue weighted by atomic mass is 9.41. The average molecular weight is 1180 g/mol. The quantitative estimate of drug-likeness (QED) is 0.120. The van der Waals surface area contributed by atoms with Gasteiger partial charge in [0, 0.05) is 22.2 Å². The third kappa shape index (κ3) is 2.77. The van der Waals surface area contributed by atoms with Crippen LogP contribution in [0.3, 0.4) is 0 Å². The molecule has 0 nitrogen and oxygen atoms in total. The molecule has 26 aromatic carbocycles. The van der Waals surface area contributed by atoms with Crippen LogP contribution in [0, 0.1) is 5.92 Å². The minimum absolute atomic E-state index is 0.107. The number of allylic oxidation sites excluding steroid dienone is 4. The Labute approximate surface area is 534 Å². The zero-order chi connectivity index (χ0) is 58.4. The summed E-state index contributed by atoms with van der Waals surface area (Å²) in [6.45, 7) is 0. The van der Waals surface area contributed by atoms with Gasteiger partial charge in [0.1, 0.15) is 0 Å². The van der Waals surface area contributed by atoms with Crippen molar-refractivity contribution in [1.82, 2.24) is 0 Å². The van der Waals surface area contributed by atoms with Gasteiger partial charge in [0.25, 0.3) is 0 Å². The van der Waals surface area contributed by atoms with Crippen LogP contribution in [0.2, 0.25) is 0 Å². The van der Waals surface area contributed by atoms with Gasteiger partial charge in [-0.1, -0.05) is 152 Å². The highest BCUT2D eigenvalue weighted by Crippen LogP contribution is 2.92. The third-order valence-electron chi connectivity index (χ3n) is 32.0. The van der Waals surface area contributed by atoms with Gasteiger partial charge in [-0.15, -0.1) is 0 Å². The van der Waals surface area contributed by atoms with Crippen LogP contribution in [0.4, 0.5) is 0 Å². The number of rotatable bonds is 10. The highest BCUT2D eigenvalue weighted by Gasteiger charge is 2.81. The average Bonchev–Trinajstić information content (AvgIpc) is 1.37. The molecule has 11 aliphatic rings. The summed E-state index contributed by atoms with van der Waals surface area (Å²) in [4.78, 5) is 0. The van der Waals surface area contributed by atoms with E-state index in [1.165, 1.54) is 27.8 Å². The van der Waals surface area contributed by atoms with Crippen LogP contribution in [0.5, 0.6) is 0 Å². The van der Waals surface area contributed by atoms with Gasteiger partial charge in [-0.3, -0.25) is 0 Å². The van der Waals surface area contributed by atoms with Gasteiger partial charge in [-0.25, -0.2) is 0 Å². The monoisotopic (exact) mass is 1180 g/mol. The largest absolute Gasteiger partial charge is 0.0622 e. The Morgan fingerprint density at radius 1 is 0.168 bits per heavy atom. The second-order valence-electron chi connectivity index (χ2n) is 33.7. The number of benzene rings is 20. The number of hydrogen-bond acceptors (Lipinski definition) is 0. The highest BCUT2D eigenvalue weighted by atomic mass is 14.8. The molecule has 11 aliphatic carbocycles. The van der Waals surface area contributed by atoms with Crippen LogP contribution in [-0.4, -0.2) is 0 Å². The topological polar surface area (TPSA) is 0 Å². The standard InChI is InChI=1S/C95H36/c1-6-16-31(17-7-1)26-91-76-66-56-46-41-36-37-39-40-38(36)43-50-48(41)58(56)68-70-60(50)62-52(43)54-45(40)55-53-44(39)51-49-42(37)47(46)57-59(49)69-71-61(51)63(53)73-75-65(55)64(54)74-72(62)82-80(70)92(78(68)76,27-32-18-8-2-9-19-32)87-86(91)88-90-89(87)94(82,29-34-22-12-4-13-23-34)84(74)85(75)95(90,30-35-24-14-5-15-25-35)83(73)81(71)93(88,79(69)77(91)67(57)66)28-33-20-10-3-11-21-33/h1-25,86H,26-30H2/t86?,91?,92-,93+,94-,95+. The van der Waals surface area contributed by atoms with Gasteiger partial charge in [-0.05, 0) is 353 Å². The lowest BCUT2D eigenvalue weighted by Gasteiger charge is -2.60. The maximum absolute atomic E-state index is 2.58. The molecule has 416 valence electrons. The molecule has 0 bridgehead atoms. The van der Waals surface area contributed by atoms with Crippen LogP contribution >= 0.6 is 0 Å². The fourth-order valence-corrected chi connectivity index (χ4v) is 31.4. The maximum atomic E-state index is 2.58. The Morgan fingerprint density at radius 2 is 0.337 bits per heavy atom. The summed E-state index contributed by atoms with van der Waals surface area (Å²) < 4.78 is 0. The normalized spacial score (nSPS) is 25.9. The van der Waals surface area contributed by atoms with Gasteiger partial charge in [0.05, 0.1) is 10.8 Å². The first-order valence-corrected chi connectivity index (χ1v) is 35.7. The fourth-order valence-electron chi connectivity index (χ4n) is 31.4. The molecule has 37 rings (SSSR count). The van der Waals surface area contributed by atoms with Crippen molar-refractivity contribution in [2.24, 2.45) is 5.92 Å². The molecule has 0 saturated heterocycles. The molecule has 0 heterocycles. The van der Waals surface area contributed by atoms with Crippen LogP contribution in [0.15, 0.2) is 174 Å². The lowest BCUT2D eigenvalue weighted by Crippen LogP contribution is -2.58. The van der Waals surface area contributed by atoms with Crippen LogP contribution in [0.25, 0.3) is 215 Å². The molecule has 0 heteroatoms.